The average Bonchev–Trinajstić information content (AvgIpc) is 0.740. The van der Waals surface area contributed by atoms with E-state index < -0.39 is 0 Å². The first-order valence-corrected chi connectivity index (χ1v) is 32.6. The summed E-state index contributed by atoms with van der Waals surface area (Å²) in [5.74, 6) is 4.55. The largest absolute Gasteiger partial charge is 0.489 e. The molecule has 0 heterocycles. The summed E-state index contributed by atoms with van der Waals surface area (Å²) < 4.78 is 40.7. The third-order valence-corrected chi connectivity index (χ3v) is 17.4. The lowest BCUT2D eigenvalue weighted by molar-refractivity contribution is 0.267. The lowest BCUT2D eigenvalue weighted by atomic mass is 9.91. The van der Waals surface area contributed by atoms with Crippen molar-refractivity contribution in [2.45, 2.75) is 119 Å². The van der Waals surface area contributed by atoms with Gasteiger partial charge in [-0.25, -0.2) is 0 Å². The molecule has 0 radical (unpaired) electrons. The van der Waals surface area contributed by atoms with E-state index in [2.05, 4.69) is 220 Å². The van der Waals surface area contributed by atoms with E-state index >= 15 is 0 Å². The van der Waals surface area contributed by atoms with Gasteiger partial charge in [-0.3, -0.25) is 0 Å². The zero-order valence-corrected chi connectivity index (χ0v) is 52.6. The monoisotopic (exact) mass is 1180 g/mol. The number of rotatable bonds is 24. The molecule has 13 rings (SSSR count). The second-order valence-corrected chi connectivity index (χ2v) is 23.4. The molecular formula is C84H72O6. The van der Waals surface area contributed by atoms with Crippen LogP contribution in [0, 0.1) is 0 Å². The third kappa shape index (κ3) is 10.9. The first kappa shape index (κ1) is 58.9. The van der Waals surface area contributed by atoms with Gasteiger partial charge >= 0.3 is 0 Å². The van der Waals surface area contributed by atoms with Crippen LogP contribution in [0.4, 0.5) is 0 Å². The number of hydrogen-bond donors (Lipinski definition) is 0. The topological polar surface area (TPSA) is 55.4 Å². The molecule has 0 fully saturated rings. The van der Waals surface area contributed by atoms with Crippen LogP contribution in [0.1, 0.15) is 119 Å². The molecule has 0 saturated heterocycles. The normalized spacial score (nSPS) is 11.8. The Kier molecular flexibility index (Phi) is 17.5. The van der Waals surface area contributed by atoms with Crippen molar-refractivity contribution < 1.29 is 28.4 Å². The van der Waals surface area contributed by atoms with Crippen LogP contribution in [-0.2, 0) is 0 Å². The molecule has 0 N–H and O–H groups in total. The maximum Gasteiger partial charge on any atom is 0.169 e. The molecule has 90 heavy (non-hydrogen) atoms. The number of fused-ring (bicyclic) bond motifs is 3. The Balaban J connectivity index is 1.21. The van der Waals surface area contributed by atoms with Crippen molar-refractivity contribution in [3.63, 3.8) is 0 Å². The fraction of sp³-hybridized carbons (Fsp3) is 0.286. The highest BCUT2D eigenvalue weighted by molar-refractivity contribution is 6.29. The molecule has 0 atom stereocenters. The van der Waals surface area contributed by atoms with Gasteiger partial charge in [0, 0.05) is 95.9 Å². The fourth-order valence-corrected chi connectivity index (χ4v) is 12.8. The molecule has 1 aliphatic rings. The van der Waals surface area contributed by atoms with Crippen LogP contribution < -0.4 is 59.7 Å². The molecule has 0 unspecified atom stereocenters. The molecule has 0 spiro atoms. The van der Waals surface area contributed by atoms with E-state index in [9.17, 15) is 0 Å². The molecular weight excluding hydrogens is 1100 g/mol. The Morgan fingerprint density at radius 1 is 0.200 bits per heavy atom. The number of benzene rings is 12. The molecule has 12 aromatic rings. The maximum absolute atomic E-state index is 6.78. The van der Waals surface area contributed by atoms with Crippen molar-refractivity contribution in [3.8, 4) is 34.5 Å². The van der Waals surface area contributed by atoms with Gasteiger partial charge in [-0.15, -0.1) is 0 Å². The Morgan fingerprint density at radius 3 is 0.489 bits per heavy atom. The zero-order valence-electron chi connectivity index (χ0n) is 52.6. The van der Waals surface area contributed by atoms with Gasteiger partial charge in [0.1, 0.15) is 0 Å². The molecule has 0 amide bonds. The summed E-state index contributed by atoms with van der Waals surface area (Å²) in [6.07, 6.45) is 11.6. The third-order valence-electron chi connectivity index (χ3n) is 17.4. The minimum absolute atomic E-state index is 0.572. The summed E-state index contributed by atoms with van der Waals surface area (Å²) in [5.41, 5.74) is 40.8. The van der Waals surface area contributed by atoms with Crippen LogP contribution in [0.5, 0.6) is 34.5 Å². The number of hydrogen-bond acceptors (Lipinski definition) is 6. The summed E-state index contributed by atoms with van der Waals surface area (Å²) in [5, 5.41) is 23.4. The molecule has 6 nitrogen and oxygen atoms in total. The number of unbranched alkanes of at least 4 members (excludes halogenated alkanes) is 6. The summed E-state index contributed by atoms with van der Waals surface area (Å²) >= 11 is 0. The van der Waals surface area contributed by atoms with Gasteiger partial charge in [-0.05, 0) is 178 Å². The van der Waals surface area contributed by atoms with E-state index in [0.717, 1.165) is 240 Å². The molecule has 6 bridgehead atoms. The average molecular weight is 1180 g/mol. The summed E-state index contributed by atoms with van der Waals surface area (Å²) in [4.78, 5) is 0. The van der Waals surface area contributed by atoms with E-state index in [1.165, 1.54) is 0 Å². The van der Waals surface area contributed by atoms with Crippen molar-refractivity contribution in [1.82, 2.24) is 0 Å². The minimum Gasteiger partial charge on any atom is -0.489 e. The van der Waals surface area contributed by atoms with E-state index in [1.54, 1.807) is 0 Å². The summed E-state index contributed by atoms with van der Waals surface area (Å²) in [6.45, 7) is 16.5. The van der Waals surface area contributed by atoms with Crippen molar-refractivity contribution in [2.24, 2.45) is 0 Å². The van der Waals surface area contributed by atoms with Gasteiger partial charge in [0.25, 0.3) is 0 Å². The highest BCUT2D eigenvalue weighted by Gasteiger charge is 2.25. The Hall–Kier alpha value is -10.1. The van der Waals surface area contributed by atoms with Crippen LogP contribution in [-0.4, -0.2) is 39.6 Å². The molecule has 6 heteroatoms. The summed E-state index contributed by atoms with van der Waals surface area (Å²) in [6, 6.07) is 38.5. The van der Waals surface area contributed by atoms with Crippen LogP contribution in [0.2, 0.25) is 0 Å². The van der Waals surface area contributed by atoms with Crippen LogP contribution in [0.25, 0.3) is 131 Å². The van der Waals surface area contributed by atoms with Gasteiger partial charge < -0.3 is 28.4 Å². The van der Waals surface area contributed by atoms with Gasteiger partial charge in [0.15, 0.2) is 34.5 Å². The van der Waals surface area contributed by atoms with Gasteiger partial charge in [-0.1, -0.05) is 151 Å². The van der Waals surface area contributed by atoms with Crippen molar-refractivity contribution in [3.05, 3.63) is 175 Å². The van der Waals surface area contributed by atoms with Gasteiger partial charge in [0.2, 0.25) is 0 Å². The van der Waals surface area contributed by atoms with E-state index in [1.807, 2.05) is 0 Å². The van der Waals surface area contributed by atoms with Crippen LogP contribution in [0.3, 0.4) is 0 Å². The van der Waals surface area contributed by atoms with Crippen molar-refractivity contribution >= 4 is 131 Å². The summed E-state index contributed by atoms with van der Waals surface area (Å²) in [7, 11) is 0. The molecule has 0 saturated carbocycles. The molecule has 12 aromatic carbocycles. The lowest BCUT2D eigenvalue weighted by Crippen LogP contribution is -2.09. The maximum atomic E-state index is 6.78. The quantitative estimate of drug-likeness (QED) is 0.0341. The SMILES string of the molecule is CCCCOc1c(OCCCC)c2ccc3c4ccc5c(ccc1c5c24)=C=C=C=C=c1ccc2c(OCCCC)c(OCCCC)c4ccc(c5ccc1c2c45)=C=C=C=C=c1ccc2c(OCCCC)c(OCCCC)c4ccc(c5ccc1c2c45)=C=C=C=C=3. The Bertz CT molecular complexity index is 4720. The molecule has 0 aliphatic heterocycles. The Morgan fingerprint density at radius 2 is 0.344 bits per heavy atom. The van der Waals surface area contributed by atoms with Crippen LogP contribution >= 0.6 is 0 Å². The first-order valence-electron chi connectivity index (χ1n) is 32.6. The van der Waals surface area contributed by atoms with E-state index in [4.69, 9.17) is 28.4 Å². The second kappa shape index (κ2) is 26.7. The highest BCUT2D eigenvalue weighted by Crippen LogP contribution is 2.49. The zero-order chi connectivity index (χ0) is 61.5. The fourth-order valence-electron chi connectivity index (χ4n) is 12.8. The van der Waals surface area contributed by atoms with Crippen molar-refractivity contribution in [2.75, 3.05) is 39.6 Å². The van der Waals surface area contributed by atoms with Crippen molar-refractivity contribution in [1.29, 1.82) is 0 Å². The minimum atomic E-state index is 0.572. The van der Waals surface area contributed by atoms with E-state index in [0.29, 0.717) is 39.6 Å². The lowest BCUT2D eigenvalue weighted by Gasteiger charge is -2.20. The molecule has 1 aliphatic carbocycles. The standard InChI is InChI=1S/C84H72O6/c1-7-13-49-85-79-67-37-31-55-25-19-20-27-57-33-39-69-75-63(57)45-46-65-59(35-41-71(77(65)75)83(89-53-17-11-5)81(69)87-51-15-9-3)29-23-24-30-60-36-42-72-78-66(60)48-47-64-58(34-40-70(76(64)78)82(88-52-16-10-4)84(72)90-54-18-12-6)28-22-21-26-56-32-38-68(80(79)86-50-14-8-2)74-62(56)44-43-61(55)73(67)74/h31-48H,7-18,49-54H2,1-6H3. The first-order chi connectivity index (χ1) is 44.5. The smallest absolute Gasteiger partial charge is 0.169 e. The Labute approximate surface area is 524 Å². The predicted octanol–water partition coefficient (Wildman–Crippen LogP) is 16.7. The second-order valence-electron chi connectivity index (χ2n) is 23.4. The predicted molar refractivity (Wildman–Crippen MR) is 372 cm³/mol. The molecule has 444 valence electrons. The van der Waals surface area contributed by atoms with Gasteiger partial charge in [-0.2, -0.15) is 0 Å². The van der Waals surface area contributed by atoms with E-state index in [-0.39, 0.29) is 0 Å². The highest BCUT2D eigenvalue weighted by atomic mass is 16.5. The number of ether oxygens (including phenoxy) is 6. The molecule has 0 aromatic heterocycles. The van der Waals surface area contributed by atoms with Crippen LogP contribution in [0.15, 0.2) is 144 Å². The van der Waals surface area contributed by atoms with Gasteiger partial charge in [0.05, 0.1) is 39.6 Å².